The van der Waals surface area contributed by atoms with E-state index in [0.717, 1.165) is 16.9 Å². The Labute approximate surface area is 175 Å². The third kappa shape index (κ3) is 4.69. The van der Waals surface area contributed by atoms with Gasteiger partial charge in [-0.25, -0.2) is 9.97 Å². The summed E-state index contributed by atoms with van der Waals surface area (Å²) in [6.45, 7) is 0.364. The van der Waals surface area contributed by atoms with E-state index in [9.17, 15) is 19.7 Å². The van der Waals surface area contributed by atoms with Crippen LogP contribution in [0.25, 0.3) is 10.2 Å². The molecule has 3 aromatic rings. The first-order chi connectivity index (χ1) is 14.4. The maximum atomic E-state index is 11.3. The normalized spacial score (nSPS) is 10.6. The van der Waals surface area contributed by atoms with Gasteiger partial charge in [0.15, 0.2) is 23.6 Å². The highest BCUT2D eigenvalue weighted by molar-refractivity contribution is 7.21. The molecule has 0 bridgehead atoms. The number of hydrogen-bond acceptors (Lipinski definition) is 10. The number of nitrogens with zero attached hydrogens (tertiary/aromatic N) is 3. The molecule has 0 saturated heterocycles. The summed E-state index contributed by atoms with van der Waals surface area (Å²) in [5.41, 5.74) is 0.877. The van der Waals surface area contributed by atoms with Crippen molar-refractivity contribution in [3.63, 3.8) is 0 Å². The Balaban J connectivity index is 1.91. The van der Waals surface area contributed by atoms with Crippen LogP contribution in [0.2, 0.25) is 0 Å². The van der Waals surface area contributed by atoms with Crippen molar-refractivity contribution in [1.82, 2.24) is 9.97 Å². The molecule has 0 amide bonds. The fourth-order valence-electron chi connectivity index (χ4n) is 2.76. The number of aldehydes is 1. The molecule has 0 unspecified atom stereocenters. The number of carbonyl (C=O) groups is 2. The Morgan fingerprint density at radius 2 is 2.00 bits per heavy atom. The van der Waals surface area contributed by atoms with E-state index in [-0.39, 0.29) is 24.1 Å². The van der Waals surface area contributed by atoms with Crippen molar-refractivity contribution in [3.05, 3.63) is 45.8 Å². The molecule has 0 aliphatic carbocycles. The van der Waals surface area contributed by atoms with Gasteiger partial charge in [-0.2, -0.15) is 0 Å². The fraction of sp³-hybridized carbons (Fsp3) is 0.263. The molecular formula is C19H18N4O6S. The van der Waals surface area contributed by atoms with E-state index in [0.29, 0.717) is 39.9 Å². The van der Waals surface area contributed by atoms with Crippen molar-refractivity contribution in [2.24, 2.45) is 0 Å². The molecule has 1 aromatic carbocycles. The largest absolute Gasteiger partial charge is 0.493 e. The predicted octanol–water partition coefficient (Wildman–Crippen LogP) is 2.93. The van der Waals surface area contributed by atoms with E-state index < -0.39 is 10.7 Å². The number of rotatable bonds is 10. The van der Waals surface area contributed by atoms with Crippen LogP contribution in [0.15, 0.2) is 24.3 Å². The lowest BCUT2D eigenvalue weighted by Crippen LogP contribution is -2.07. The fourth-order valence-corrected chi connectivity index (χ4v) is 3.63. The number of anilines is 1. The van der Waals surface area contributed by atoms with Gasteiger partial charge in [0.1, 0.15) is 16.5 Å². The molecular weight excluding hydrogens is 412 g/mol. The monoisotopic (exact) mass is 430 g/mol. The van der Waals surface area contributed by atoms with Crippen LogP contribution < -0.4 is 14.8 Å². The molecule has 1 N–H and O–H groups in total. The van der Waals surface area contributed by atoms with Gasteiger partial charge < -0.3 is 14.8 Å². The second-order valence-corrected chi connectivity index (χ2v) is 7.19. The molecule has 2 aromatic heterocycles. The molecule has 156 valence electrons. The number of benzene rings is 1. The van der Waals surface area contributed by atoms with Gasteiger partial charge in [-0.1, -0.05) is 6.07 Å². The number of methoxy groups -OCH3 is 2. The first-order valence-corrected chi connectivity index (χ1v) is 9.64. The molecule has 0 aliphatic heterocycles. The lowest BCUT2D eigenvalue weighted by molar-refractivity contribution is -0.380. The van der Waals surface area contributed by atoms with Crippen LogP contribution in [-0.4, -0.2) is 41.2 Å². The molecule has 30 heavy (non-hydrogen) atoms. The minimum atomic E-state index is -0.560. The molecule has 2 heterocycles. The Bertz CT molecular complexity index is 1110. The van der Waals surface area contributed by atoms with Gasteiger partial charge in [-0.3, -0.25) is 19.7 Å². The van der Waals surface area contributed by atoms with E-state index in [1.165, 1.54) is 6.07 Å². The van der Waals surface area contributed by atoms with Crippen LogP contribution in [0.5, 0.6) is 11.5 Å². The van der Waals surface area contributed by atoms with Crippen LogP contribution in [0.3, 0.4) is 0 Å². The zero-order valence-corrected chi connectivity index (χ0v) is 17.0. The summed E-state index contributed by atoms with van der Waals surface area (Å²) in [6, 6.07) is 6.85. The highest BCUT2D eigenvalue weighted by Crippen LogP contribution is 2.34. The van der Waals surface area contributed by atoms with Gasteiger partial charge in [0, 0.05) is 25.5 Å². The van der Waals surface area contributed by atoms with Gasteiger partial charge in [0.25, 0.3) is 0 Å². The van der Waals surface area contributed by atoms with E-state index >= 15 is 0 Å². The maximum Gasteiger partial charge on any atom is 0.326 e. The Hall–Kier alpha value is -3.60. The molecule has 0 aliphatic rings. The van der Waals surface area contributed by atoms with Gasteiger partial charge in [-0.15, -0.1) is 0 Å². The molecule has 11 heteroatoms. The quantitative estimate of drug-likeness (QED) is 0.223. The van der Waals surface area contributed by atoms with Gasteiger partial charge in [0.2, 0.25) is 0 Å². The van der Waals surface area contributed by atoms with Crippen molar-refractivity contribution in [2.75, 3.05) is 19.5 Å². The number of nitrogens with one attached hydrogen (secondary N) is 1. The average molecular weight is 430 g/mol. The van der Waals surface area contributed by atoms with Gasteiger partial charge >= 0.3 is 5.00 Å². The van der Waals surface area contributed by atoms with Gasteiger partial charge in [0.05, 0.1) is 24.5 Å². The smallest absolute Gasteiger partial charge is 0.326 e. The summed E-state index contributed by atoms with van der Waals surface area (Å²) in [5.74, 6) is 1.35. The van der Waals surface area contributed by atoms with Crippen LogP contribution in [0.1, 0.15) is 17.8 Å². The predicted molar refractivity (Wildman–Crippen MR) is 110 cm³/mol. The number of aromatic nitrogens is 2. The average Bonchev–Trinajstić information content (AvgIpc) is 3.20. The second-order valence-electron chi connectivity index (χ2n) is 6.18. The summed E-state index contributed by atoms with van der Waals surface area (Å²) < 4.78 is 10.5. The van der Waals surface area contributed by atoms with Gasteiger partial charge in [-0.05, 0) is 29.0 Å². The number of thiophene rings is 1. The number of ketones is 1. The highest BCUT2D eigenvalue weighted by Gasteiger charge is 2.18. The molecule has 0 spiro atoms. The molecule has 3 rings (SSSR count). The topological polar surface area (TPSA) is 134 Å². The number of nitro groups is 1. The van der Waals surface area contributed by atoms with E-state index in [2.05, 4.69) is 15.3 Å². The summed E-state index contributed by atoms with van der Waals surface area (Å²) in [6.07, 6.45) is 0.382. The molecule has 10 nitrogen and oxygen atoms in total. The number of Topliss-reactive ketones (excluding diaryl/α,β-unsaturated/α-hetero) is 1. The zero-order valence-electron chi connectivity index (χ0n) is 16.2. The van der Waals surface area contributed by atoms with Crippen LogP contribution in [0, 0.1) is 10.1 Å². The lowest BCUT2D eigenvalue weighted by Gasteiger charge is -2.11. The number of fused-ring (bicyclic) bond motifs is 1. The van der Waals surface area contributed by atoms with E-state index in [1.54, 1.807) is 20.3 Å². The molecule has 0 fully saturated rings. The SMILES string of the molecule is COc1ccc(CNc2nc(CCC(=O)C=O)nc3sc([N+](=O)[O-])cc23)cc1OC. The van der Waals surface area contributed by atoms with Crippen molar-refractivity contribution in [3.8, 4) is 11.5 Å². The number of aryl methyl sites for hydroxylation is 1. The van der Waals surface area contributed by atoms with Crippen LogP contribution >= 0.6 is 11.3 Å². The standard InChI is InChI=1S/C19H18N4O6S/c1-28-14-5-3-11(7-15(14)29-2)9-20-18-13-8-17(23(26)27)30-19(13)22-16(21-18)6-4-12(25)10-24/h3,5,7-8,10H,4,6,9H2,1-2H3,(H,20,21,22). The van der Waals surface area contributed by atoms with Crippen molar-refractivity contribution < 1.29 is 24.0 Å². The minimum Gasteiger partial charge on any atom is -0.493 e. The number of ether oxygens (including phenoxy) is 2. The second kappa shape index (κ2) is 9.27. The first kappa shape index (κ1) is 21.1. The summed E-state index contributed by atoms with van der Waals surface area (Å²) >= 11 is 0.925. The highest BCUT2D eigenvalue weighted by atomic mass is 32.1. The van der Waals surface area contributed by atoms with E-state index in [1.807, 2.05) is 12.1 Å². The Kier molecular flexibility index (Phi) is 6.52. The van der Waals surface area contributed by atoms with Crippen molar-refractivity contribution >= 4 is 44.4 Å². The van der Waals surface area contributed by atoms with Crippen LogP contribution in [-0.2, 0) is 22.6 Å². The third-order valence-corrected chi connectivity index (χ3v) is 5.22. The summed E-state index contributed by atoms with van der Waals surface area (Å²) in [5, 5.41) is 14.8. The summed E-state index contributed by atoms with van der Waals surface area (Å²) in [4.78, 5) is 41.7. The minimum absolute atomic E-state index is 0.0302. The van der Waals surface area contributed by atoms with Crippen molar-refractivity contribution in [1.29, 1.82) is 0 Å². The Morgan fingerprint density at radius 3 is 2.67 bits per heavy atom. The molecule has 0 saturated carbocycles. The summed E-state index contributed by atoms with van der Waals surface area (Å²) in [7, 11) is 3.09. The van der Waals surface area contributed by atoms with Crippen molar-refractivity contribution in [2.45, 2.75) is 19.4 Å². The van der Waals surface area contributed by atoms with E-state index in [4.69, 9.17) is 9.47 Å². The number of carbonyl (C=O) groups excluding carboxylic acids is 2. The number of hydrogen-bond donors (Lipinski definition) is 1. The third-order valence-electron chi connectivity index (χ3n) is 4.24. The Morgan fingerprint density at radius 1 is 1.23 bits per heavy atom. The lowest BCUT2D eigenvalue weighted by atomic mass is 10.2. The maximum absolute atomic E-state index is 11.3. The molecule has 0 radical (unpaired) electrons. The van der Waals surface area contributed by atoms with Crippen LogP contribution in [0.4, 0.5) is 10.8 Å². The zero-order chi connectivity index (χ0) is 21.7. The molecule has 0 atom stereocenters. The first-order valence-electron chi connectivity index (χ1n) is 8.82.